The summed E-state index contributed by atoms with van der Waals surface area (Å²) >= 11 is 0. The second-order valence-electron chi connectivity index (χ2n) is 3.20. The van der Waals surface area contributed by atoms with Gasteiger partial charge in [-0.2, -0.15) is 0 Å². The highest BCUT2D eigenvalue weighted by Crippen LogP contribution is 2.23. The van der Waals surface area contributed by atoms with Gasteiger partial charge in [0, 0.05) is 6.07 Å². The SMILES string of the molecule is CC(=O)COc1cc([N+](=O)[O-])ccc1C. The molecule has 0 N–H and O–H groups in total. The minimum atomic E-state index is -0.500. The van der Waals surface area contributed by atoms with Gasteiger partial charge in [0.25, 0.3) is 5.69 Å². The Balaban J connectivity index is 2.90. The molecular weight excluding hydrogens is 198 g/mol. The Morgan fingerprint density at radius 1 is 1.53 bits per heavy atom. The molecule has 5 nitrogen and oxygen atoms in total. The van der Waals surface area contributed by atoms with E-state index >= 15 is 0 Å². The topological polar surface area (TPSA) is 69.4 Å². The van der Waals surface area contributed by atoms with E-state index in [2.05, 4.69) is 0 Å². The van der Waals surface area contributed by atoms with Crippen molar-refractivity contribution >= 4 is 11.5 Å². The fourth-order valence-corrected chi connectivity index (χ4v) is 1.04. The van der Waals surface area contributed by atoms with Crippen molar-refractivity contribution in [2.75, 3.05) is 6.61 Å². The van der Waals surface area contributed by atoms with Gasteiger partial charge < -0.3 is 4.74 Å². The molecule has 0 aliphatic carbocycles. The second kappa shape index (κ2) is 4.54. The summed E-state index contributed by atoms with van der Waals surface area (Å²) < 4.78 is 5.14. The Morgan fingerprint density at radius 3 is 2.73 bits per heavy atom. The van der Waals surface area contributed by atoms with Crippen LogP contribution in [0.1, 0.15) is 12.5 Å². The summed E-state index contributed by atoms with van der Waals surface area (Å²) in [7, 11) is 0. The maximum Gasteiger partial charge on any atom is 0.273 e. The van der Waals surface area contributed by atoms with E-state index in [-0.39, 0.29) is 18.1 Å². The van der Waals surface area contributed by atoms with Gasteiger partial charge in [0.15, 0.2) is 5.78 Å². The van der Waals surface area contributed by atoms with E-state index in [1.807, 2.05) is 0 Å². The Kier molecular flexibility index (Phi) is 3.38. The molecule has 80 valence electrons. The highest BCUT2D eigenvalue weighted by Gasteiger charge is 2.09. The zero-order valence-corrected chi connectivity index (χ0v) is 8.52. The first-order chi connectivity index (χ1) is 7.00. The van der Waals surface area contributed by atoms with Crippen LogP contribution in [0.3, 0.4) is 0 Å². The number of nitrogens with zero attached hydrogens (tertiary/aromatic N) is 1. The molecule has 0 spiro atoms. The van der Waals surface area contributed by atoms with E-state index in [0.717, 1.165) is 5.56 Å². The normalized spacial score (nSPS) is 9.73. The van der Waals surface area contributed by atoms with Crippen LogP contribution >= 0.6 is 0 Å². The number of hydrogen-bond acceptors (Lipinski definition) is 4. The number of ketones is 1. The van der Waals surface area contributed by atoms with Gasteiger partial charge in [0.05, 0.1) is 11.0 Å². The number of rotatable bonds is 4. The summed E-state index contributed by atoms with van der Waals surface area (Å²) in [4.78, 5) is 20.7. The molecule has 1 aromatic carbocycles. The number of carbonyl (C=O) groups excluding carboxylic acids is 1. The van der Waals surface area contributed by atoms with Crippen LogP contribution in [0, 0.1) is 17.0 Å². The fourth-order valence-electron chi connectivity index (χ4n) is 1.04. The fraction of sp³-hybridized carbons (Fsp3) is 0.300. The molecule has 15 heavy (non-hydrogen) atoms. The van der Waals surface area contributed by atoms with E-state index < -0.39 is 4.92 Å². The maximum absolute atomic E-state index is 10.7. The van der Waals surface area contributed by atoms with Gasteiger partial charge in [-0.25, -0.2) is 0 Å². The van der Waals surface area contributed by atoms with Gasteiger partial charge in [0.2, 0.25) is 0 Å². The van der Waals surface area contributed by atoms with Crippen LogP contribution in [0.15, 0.2) is 18.2 Å². The number of Topliss-reactive ketones (excluding diaryl/α,β-unsaturated/α-hetero) is 1. The Morgan fingerprint density at radius 2 is 2.20 bits per heavy atom. The largest absolute Gasteiger partial charge is 0.485 e. The van der Waals surface area contributed by atoms with Crippen LogP contribution in [0.25, 0.3) is 0 Å². The van der Waals surface area contributed by atoms with Gasteiger partial charge in [-0.05, 0) is 25.5 Å². The molecule has 1 aromatic rings. The van der Waals surface area contributed by atoms with E-state index in [9.17, 15) is 14.9 Å². The lowest BCUT2D eigenvalue weighted by molar-refractivity contribution is -0.384. The average molecular weight is 209 g/mol. The van der Waals surface area contributed by atoms with E-state index in [0.29, 0.717) is 5.75 Å². The van der Waals surface area contributed by atoms with Crippen LogP contribution in [0.5, 0.6) is 5.75 Å². The summed E-state index contributed by atoms with van der Waals surface area (Å²) in [6, 6.07) is 4.31. The summed E-state index contributed by atoms with van der Waals surface area (Å²) in [6.07, 6.45) is 0. The standard InChI is InChI=1S/C10H11NO4/c1-7-3-4-9(11(13)14)5-10(7)15-6-8(2)12/h3-5H,6H2,1-2H3. The van der Waals surface area contributed by atoms with Crippen LogP contribution in [0.4, 0.5) is 5.69 Å². The molecule has 0 bridgehead atoms. The molecule has 0 unspecified atom stereocenters. The minimum absolute atomic E-state index is 0.0425. The van der Waals surface area contributed by atoms with Gasteiger partial charge in [-0.1, -0.05) is 0 Å². The molecule has 0 saturated heterocycles. The first-order valence-electron chi connectivity index (χ1n) is 4.38. The number of aryl methyl sites for hydroxylation is 1. The van der Waals surface area contributed by atoms with Crippen LogP contribution < -0.4 is 4.74 Å². The van der Waals surface area contributed by atoms with Gasteiger partial charge in [-0.15, -0.1) is 0 Å². The molecule has 5 heteroatoms. The summed E-state index contributed by atoms with van der Waals surface area (Å²) in [5.74, 6) is 0.250. The Bertz CT molecular complexity index is 400. The molecule has 0 amide bonds. The molecule has 0 aliphatic rings. The molecule has 0 radical (unpaired) electrons. The van der Waals surface area contributed by atoms with Crippen LogP contribution in [0.2, 0.25) is 0 Å². The number of non-ortho nitro benzene ring substituents is 1. The minimum Gasteiger partial charge on any atom is -0.485 e. The average Bonchev–Trinajstić information content (AvgIpc) is 2.16. The molecule has 0 aliphatic heterocycles. The van der Waals surface area contributed by atoms with E-state index in [1.54, 1.807) is 13.0 Å². The summed E-state index contributed by atoms with van der Waals surface area (Å²) in [5, 5.41) is 10.5. The first-order valence-corrected chi connectivity index (χ1v) is 4.38. The van der Waals surface area contributed by atoms with E-state index in [1.165, 1.54) is 19.1 Å². The maximum atomic E-state index is 10.7. The number of nitro benzene ring substituents is 1. The monoisotopic (exact) mass is 209 g/mol. The lowest BCUT2D eigenvalue weighted by Gasteiger charge is -2.06. The van der Waals surface area contributed by atoms with Crippen molar-refractivity contribution in [3.8, 4) is 5.75 Å². The molecule has 0 fully saturated rings. The molecule has 0 heterocycles. The number of benzene rings is 1. The number of nitro groups is 1. The lowest BCUT2D eigenvalue weighted by Crippen LogP contribution is -2.07. The highest BCUT2D eigenvalue weighted by molar-refractivity contribution is 5.77. The van der Waals surface area contributed by atoms with E-state index in [4.69, 9.17) is 4.74 Å². The quantitative estimate of drug-likeness (QED) is 0.560. The third kappa shape index (κ3) is 3.05. The predicted molar refractivity (Wildman–Crippen MR) is 54.0 cm³/mol. The highest BCUT2D eigenvalue weighted by atomic mass is 16.6. The number of ether oxygens (including phenoxy) is 1. The first kappa shape index (κ1) is 11.2. The van der Waals surface area contributed by atoms with Crippen molar-refractivity contribution in [1.29, 1.82) is 0 Å². The van der Waals surface area contributed by atoms with Crippen LogP contribution in [-0.4, -0.2) is 17.3 Å². The van der Waals surface area contributed by atoms with Crippen molar-refractivity contribution in [2.45, 2.75) is 13.8 Å². The van der Waals surface area contributed by atoms with Gasteiger partial charge in [0.1, 0.15) is 12.4 Å². The molecule has 0 aromatic heterocycles. The summed E-state index contributed by atoms with van der Waals surface area (Å²) in [5.41, 5.74) is 0.723. The molecular formula is C10H11NO4. The Labute approximate surface area is 86.8 Å². The smallest absolute Gasteiger partial charge is 0.273 e. The van der Waals surface area contributed by atoms with Crippen molar-refractivity contribution in [1.82, 2.24) is 0 Å². The third-order valence-electron chi connectivity index (χ3n) is 1.81. The molecule has 0 saturated carbocycles. The zero-order chi connectivity index (χ0) is 11.4. The van der Waals surface area contributed by atoms with Gasteiger partial charge >= 0.3 is 0 Å². The molecule has 1 rings (SSSR count). The zero-order valence-electron chi connectivity index (χ0n) is 8.52. The lowest BCUT2D eigenvalue weighted by atomic mass is 10.2. The van der Waals surface area contributed by atoms with Crippen LogP contribution in [-0.2, 0) is 4.79 Å². The Hall–Kier alpha value is -1.91. The summed E-state index contributed by atoms with van der Waals surface area (Å²) in [6.45, 7) is 3.09. The van der Waals surface area contributed by atoms with Crippen molar-refractivity contribution < 1.29 is 14.5 Å². The molecule has 0 atom stereocenters. The van der Waals surface area contributed by atoms with Gasteiger partial charge in [-0.3, -0.25) is 14.9 Å². The third-order valence-corrected chi connectivity index (χ3v) is 1.81. The van der Waals surface area contributed by atoms with Crippen molar-refractivity contribution in [2.24, 2.45) is 0 Å². The van der Waals surface area contributed by atoms with Crippen molar-refractivity contribution in [3.05, 3.63) is 33.9 Å². The predicted octanol–water partition coefficient (Wildman–Crippen LogP) is 1.87. The second-order valence-corrected chi connectivity index (χ2v) is 3.20. The number of carbonyl (C=O) groups is 1. The van der Waals surface area contributed by atoms with Crippen molar-refractivity contribution in [3.63, 3.8) is 0 Å². The number of hydrogen-bond donors (Lipinski definition) is 0.